The van der Waals surface area contributed by atoms with E-state index in [-0.39, 0.29) is 11.3 Å². The van der Waals surface area contributed by atoms with Crippen molar-refractivity contribution < 1.29 is 27.4 Å². The second-order valence-corrected chi connectivity index (χ2v) is 6.75. The molecule has 0 aliphatic carbocycles. The second kappa shape index (κ2) is 9.00. The highest BCUT2D eigenvalue weighted by molar-refractivity contribution is 9.10. The van der Waals surface area contributed by atoms with Crippen LogP contribution in [0.1, 0.15) is 10.4 Å². The third-order valence-corrected chi connectivity index (χ3v) is 4.72. The lowest BCUT2D eigenvalue weighted by Gasteiger charge is -2.14. The lowest BCUT2D eigenvalue weighted by molar-refractivity contribution is -0.0494. The minimum Gasteiger partial charge on any atom is -0.497 e. The van der Waals surface area contributed by atoms with Gasteiger partial charge >= 0.3 is 6.61 Å². The number of carbonyl (C=O) groups is 1. The molecule has 8 heteroatoms. The van der Waals surface area contributed by atoms with Gasteiger partial charge in [0.2, 0.25) is 0 Å². The molecule has 1 N–H and O–H groups in total. The lowest BCUT2D eigenvalue weighted by Crippen LogP contribution is -2.13. The number of benzene rings is 3. The van der Waals surface area contributed by atoms with Crippen LogP contribution in [0.25, 0.3) is 11.1 Å². The van der Waals surface area contributed by atoms with E-state index in [9.17, 15) is 18.0 Å². The zero-order valence-electron chi connectivity index (χ0n) is 15.1. The molecule has 0 bridgehead atoms. The van der Waals surface area contributed by atoms with Crippen molar-refractivity contribution in [2.45, 2.75) is 6.61 Å². The maximum Gasteiger partial charge on any atom is 0.387 e. The Morgan fingerprint density at radius 3 is 2.41 bits per heavy atom. The standard InChI is InChI=1S/C21H15BrF3NO3/c1-28-15-6-2-12(3-7-15)16-11-14(5-9-19(16)29-21(24)25)26-20(27)17-10-13(23)4-8-18(17)22/h2-11,21H,1H3,(H,26,27). The van der Waals surface area contributed by atoms with Crippen molar-refractivity contribution in [2.75, 3.05) is 12.4 Å². The molecule has 0 saturated carbocycles. The molecule has 29 heavy (non-hydrogen) atoms. The summed E-state index contributed by atoms with van der Waals surface area (Å²) < 4.78 is 49.2. The summed E-state index contributed by atoms with van der Waals surface area (Å²) in [5.41, 5.74) is 1.37. The molecular weight excluding hydrogens is 451 g/mol. The Kier molecular flexibility index (Phi) is 6.43. The number of alkyl halides is 2. The van der Waals surface area contributed by atoms with Gasteiger partial charge in [0.1, 0.15) is 17.3 Å². The van der Waals surface area contributed by atoms with Crippen LogP contribution in [0, 0.1) is 5.82 Å². The fourth-order valence-corrected chi connectivity index (χ4v) is 3.10. The molecule has 3 rings (SSSR count). The van der Waals surface area contributed by atoms with Crippen molar-refractivity contribution in [3.8, 4) is 22.6 Å². The van der Waals surface area contributed by atoms with Gasteiger partial charge in [-0.15, -0.1) is 0 Å². The summed E-state index contributed by atoms with van der Waals surface area (Å²) in [7, 11) is 1.51. The predicted octanol–water partition coefficient (Wildman–Crippen LogP) is 6.12. The van der Waals surface area contributed by atoms with Crippen LogP contribution in [0.15, 0.2) is 65.1 Å². The molecule has 1 amide bonds. The van der Waals surface area contributed by atoms with Gasteiger partial charge in [0.15, 0.2) is 0 Å². The quantitative estimate of drug-likeness (QED) is 0.477. The van der Waals surface area contributed by atoms with Gasteiger partial charge in [-0.25, -0.2) is 4.39 Å². The number of ether oxygens (including phenoxy) is 2. The number of methoxy groups -OCH3 is 1. The first-order valence-electron chi connectivity index (χ1n) is 8.37. The number of hydrogen-bond donors (Lipinski definition) is 1. The largest absolute Gasteiger partial charge is 0.497 e. The molecular formula is C21H15BrF3NO3. The van der Waals surface area contributed by atoms with Gasteiger partial charge < -0.3 is 14.8 Å². The van der Waals surface area contributed by atoms with Crippen molar-refractivity contribution in [1.82, 2.24) is 0 Å². The zero-order chi connectivity index (χ0) is 21.0. The Morgan fingerprint density at radius 1 is 1.03 bits per heavy atom. The number of halogens is 4. The highest BCUT2D eigenvalue weighted by Crippen LogP contribution is 2.35. The number of anilines is 1. The average molecular weight is 466 g/mol. The Bertz CT molecular complexity index is 1030. The molecule has 3 aromatic carbocycles. The Labute approximate surface area is 173 Å². The van der Waals surface area contributed by atoms with Crippen LogP contribution < -0.4 is 14.8 Å². The predicted molar refractivity (Wildman–Crippen MR) is 107 cm³/mol. The summed E-state index contributed by atoms with van der Waals surface area (Å²) in [6, 6.07) is 14.7. The van der Waals surface area contributed by atoms with E-state index in [1.807, 2.05) is 0 Å². The van der Waals surface area contributed by atoms with Crippen LogP contribution >= 0.6 is 15.9 Å². The fourth-order valence-electron chi connectivity index (χ4n) is 2.67. The molecule has 0 heterocycles. The third kappa shape index (κ3) is 5.08. The van der Waals surface area contributed by atoms with Gasteiger partial charge in [-0.2, -0.15) is 8.78 Å². The van der Waals surface area contributed by atoms with E-state index < -0.39 is 18.3 Å². The van der Waals surface area contributed by atoms with Gasteiger partial charge in [-0.05, 0) is 70.0 Å². The molecule has 0 aliphatic rings. The fraction of sp³-hybridized carbons (Fsp3) is 0.0952. The number of amides is 1. The molecule has 0 saturated heterocycles. The molecule has 0 unspecified atom stereocenters. The number of carbonyl (C=O) groups excluding carboxylic acids is 1. The van der Waals surface area contributed by atoms with Crippen molar-refractivity contribution in [3.05, 3.63) is 76.5 Å². The van der Waals surface area contributed by atoms with Crippen LogP contribution in [0.3, 0.4) is 0 Å². The highest BCUT2D eigenvalue weighted by Gasteiger charge is 2.15. The van der Waals surface area contributed by atoms with Crippen LogP contribution in [0.2, 0.25) is 0 Å². The molecule has 0 spiro atoms. The maximum absolute atomic E-state index is 13.5. The van der Waals surface area contributed by atoms with E-state index in [0.29, 0.717) is 27.0 Å². The monoisotopic (exact) mass is 465 g/mol. The molecule has 4 nitrogen and oxygen atoms in total. The SMILES string of the molecule is COc1ccc(-c2cc(NC(=O)c3cc(F)ccc3Br)ccc2OC(F)F)cc1. The van der Waals surface area contributed by atoms with Crippen LogP contribution in [-0.4, -0.2) is 19.6 Å². The smallest absolute Gasteiger partial charge is 0.387 e. The summed E-state index contributed by atoms with van der Waals surface area (Å²) in [6.45, 7) is -3.00. The molecule has 0 aliphatic heterocycles. The van der Waals surface area contributed by atoms with Crippen molar-refractivity contribution in [2.24, 2.45) is 0 Å². The average Bonchev–Trinajstić information content (AvgIpc) is 2.70. The zero-order valence-corrected chi connectivity index (χ0v) is 16.7. The Balaban J connectivity index is 1.95. The first kappa shape index (κ1) is 20.7. The van der Waals surface area contributed by atoms with E-state index in [4.69, 9.17) is 4.74 Å². The second-order valence-electron chi connectivity index (χ2n) is 5.90. The number of rotatable bonds is 6. The molecule has 0 radical (unpaired) electrons. The van der Waals surface area contributed by atoms with E-state index in [2.05, 4.69) is 26.0 Å². The normalized spacial score (nSPS) is 10.7. The molecule has 0 atom stereocenters. The summed E-state index contributed by atoms with van der Waals surface area (Å²) in [6.07, 6.45) is 0. The minimum atomic E-state index is -3.00. The van der Waals surface area contributed by atoms with Gasteiger partial charge in [0, 0.05) is 15.7 Å². The third-order valence-electron chi connectivity index (χ3n) is 4.03. The van der Waals surface area contributed by atoms with Crippen molar-refractivity contribution in [1.29, 1.82) is 0 Å². The molecule has 150 valence electrons. The van der Waals surface area contributed by atoms with Gasteiger partial charge in [-0.3, -0.25) is 4.79 Å². The van der Waals surface area contributed by atoms with Crippen LogP contribution in [-0.2, 0) is 0 Å². The highest BCUT2D eigenvalue weighted by atomic mass is 79.9. The first-order valence-corrected chi connectivity index (χ1v) is 9.16. The van der Waals surface area contributed by atoms with E-state index >= 15 is 0 Å². The Hall–Kier alpha value is -3.00. The molecule has 0 aromatic heterocycles. The summed E-state index contributed by atoms with van der Waals surface area (Å²) in [5.74, 6) is -0.557. The minimum absolute atomic E-state index is 0.0462. The first-order chi connectivity index (χ1) is 13.9. The molecule has 0 fully saturated rings. The number of hydrogen-bond acceptors (Lipinski definition) is 3. The van der Waals surface area contributed by atoms with Crippen LogP contribution in [0.4, 0.5) is 18.9 Å². The summed E-state index contributed by atoms with van der Waals surface area (Å²) in [4.78, 5) is 12.5. The van der Waals surface area contributed by atoms with Gasteiger partial charge in [0.05, 0.1) is 12.7 Å². The van der Waals surface area contributed by atoms with E-state index in [0.717, 1.165) is 6.07 Å². The van der Waals surface area contributed by atoms with Crippen LogP contribution in [0.5, 0.6) is 11.5 Å². The topological polar surface area (TPSA) is 47.6 Å². The molecule has 3 aromatic rings. The maximum atomic E-state index is 13.5. The van der Waals surface area contributed by atoms with Crippen molar-refractivity contribution >= 4 is 27.5 Å². The summed E-state index contributed by atoms with van der Waals surface area (Å²) >= 11 is 3.21. The summed E-state index contributed by atoms with van der Waals surface area (Å²) in [5, 5.41) is 2.64. The van der Waals surface area contributed by atoms with E-state index in [1.54, 1.807) is 24.3 Å². The van der Waals surface area contributed by atoms with Gasteiger partial charge in [-0.1, -0.05) is 12.1 Å². The van der Waals surface area contributed by atoms with E-state index in [1.165, 1.54) is 37.4 Å². The lowest BCUT2D eigenvalue weighted by atomic mass is 10.0. The number of nitrogens with one attached hydrogen (secondary N) is 1. The Morgan fingerprint density at radius 2 is 1.76 bits per heavy atom. The van der Waals surface area contributed by atoms with Gasteiger partial charge in [0.25, 0.3) is 5.91 Å². The van der Waals surface area contributed by atoms with Crippen molar-refractivity contribution in [3.63, 3.8) is 0 Å².